The van der Waals surface area contributed by atoms with Crippen molar-refractivity contribution < 1.29 is 4.79 Å². The van der Waals surface area contributed by atoms with Gasteiger partial charge in [0, 0.05) is 18.6 Å². The van der Waals surface area contributed by atoms with Crippen LogP contribution in [0, 0.1) is 0 Å². The number of unbranched alkanes of at least 4 members (excludes halogenated alkanes) is 1. The summed E-state index contributed by atoms with van der Waals surface area (Å²) in [5.41, 5.74) is 0.731. The average molecular weight is 482 g/mol. The van der Waals surface area contributed by atoms with Gasteiger partial charge >= 0.3 is 6.03 Å². The number of anilines is 1. The van der Waals surface area contributed by atoms with Gasteiger partial charge in [0.2, 0.25) is 0 Å². The number of aromatic nitrogens is 2. The van der Waals surface area contributed by atoms with Crippen LogP contribution in [0.5, 0.6) is 0 Å². The van der Waals surface area contributed by atoms with Crippen molar-refractivity contribution in [1.29, 1.82) is 0 Å². The normalized spacial score (nSPS) is 12.1. The molecule has 0 fully saturated rings. The standard InChI is InChI=1S/C22H23Cl3N4O2/c1-4-5-11-29(22(31)27-18-8-6-7-16(24)19(18)25)13(2)20-26-17-10-9-14(23)12-15(17)21(30)28(20)3/h6-10,12-13H,4-5,11H2,1-3H3,(H,27,31). The first-order valence-corrected chi connectivity index (χ1v) is 11.1. The first kappa shape index (κ1) is 23.4. The van der Waals surface area contributed by atoms with Crippen LogP contribution >= 0.6 is 34.8 Å². The summed E-state index contributed by atoms with van der Waals surface area (Å²) in [6, 6.07) is 9.22. The fourth-order valence-electron chi connectivity index (χ4n) is 3.36. The molecule has 1 heterocycles. The zero-order valence-electron chi connectivity index (χ0n) is 17.5. The largest absolute Gasteiger partial charge is 0.322 e. The minimum absolute atomic E-state index is 0.219. The third kappa shape index (κ3) is 4.97. The fraction of sp³-hybridized carbons (Fsp3) is 0.318. The molecule has 9 heteroatoms. The predicted molar refractivity (Wildman–Crippen MR) is 128 cm³/mol. The van der Waals surface area contributed by atoms with Crippen molar-refractivity contribution in [3.63, 3.8) is 0 Å². The topological polar surface area (TPSA) is 67.2 Å². The second-order valence-electron chi connectivity index (χ2n) is 7.25. The number of halogens is 3. The van der Waals surface area contributed by atoms with Gasteiger partial charge in [-0.3, -0.25) is 9.36 Å². The van der Waals surface area contributed by atoms with Crippen LogP contribution in [-0.2, 0) is 7.05 Å². The number of rotatable bonds is 6. The molecule has 164 valence electrons. The van der Waals surface area contributed by atoms with Crippen LogP contribution in [0.3, 0.4) is 0 Å². The van der Waals surface area contributed by atoms with Gasteiger partial charge in [0.1, 0.15) is 5.82 Å². The Balaban J connectivity index is 1.99. The number of hydrogen-bond acceptors (Lipinski definition) is 3. The van der Waals surface area contributed by atoms with Gasteiger partial charge in [0.05, 0.1) is 32.7 Å². The number of nitrogens with zero attached hydrogens (tertiary/aromatic N) is 3. The van der Waals surface area contributed by atoms with Crippen molar-refractivity contribution in [3.05, 3.63) is 67.6 Å². The minimum atomic E-state index is -0.470. The molecule has 3 aromatic rings. The number of carbonyl (C=O) groups excluding carboxylic acids is 1. The molecule has 1 aromatic heterocycles. The highest BCUT2D eigenvalue weighted by atomic mass is 35.5. The first-order chi connectivity index (χ1) is 14.7. The van der Waals surface area contributed by atoms with Crippen molar-refractivity contribution in [3.8, 4) is 0 Å². The van der Waals surface area contributed by atoms with E-state index in [2.05, 4.69) is 10.3 Å². The Morgan fingerprint density at radius 3 is 2.68 bits per heavy atom. The molecule has 0 aliphatic rings. The maximum absolute atomic E-state index is 13.2. The lowest BCUT2D eigenvalue weighted by atomic mass is 10.2. The monoisotopic (exact) mass is 480 g/mol. The van der Waals surface area contributed by atoms with E-state index in [1.165, 1.54) is 4.57 Å². The smallest absolute Gasteiger partial charge is 0.315 e. The summed E-state index contributed by atoms with van der Waals surface area (Å²) in [4.78, 5) is 32.4. The van der Waals surface area contributed by atoms with E-state index >= 15 is 0 Å². The van der Waals surface area contributed by atoms with Crippen molar-refractivity contribution >= 4 is 57.4 Å². The molecule has 1 atom stereocenters. The molecule has 31 heavy (non-hydrogen) atoms. The molecule has 0 aliphatic heterocycles. The number of nitrogens with one attached hydrogen (secondary N) is 1. The Morgan fingerprint density at radius 1 is 1.23 bits per heavy atom. The molecule has 0 saturated carbocycles. The summed E-state index contributed by atoms with van der Waals surface area (Å²) in [6.07, 6.45) is 1.69. The van der Waals surface area contributed by atoms with Crippen molar-refractivity contribution in [2.45, 2.75) is 32.7 Å². The SMILES string of the molecule is CCCCN(C(=O)Nc1cccc(Cl)c1Cl)C(C)c1nc2ccc(Cl)cc2c(=O)n1C. The van der Waals surface area contributed by atoms with Crippen molar-refractivity contribution in [2.75, 3.05) is 11.9 Å². The quantitative estimate of drug-likeness (QED) is 0.450. The van der Waals surface area contributed by atoms with Gasteiger partial charge in [-0.05, 0) is 43.7 Å². The zero-order chi connectivity index (χ0) is 22.7. The third-order valence-corrected chi connectivity index (χ3v) is 6.17. The van der Waals surface area contributed by atoms with E-state index in [0.717, 1.165) is 12.8 Å². The predicted octanol–water partition coefficient (Wildman–Crippen LogP) is 6.29. The van der Waals surface area contributed by atoms with Gasteiger partial charge in [0.25, 0.3) is 5.56 Å². The van der Waals surface area contributed by atoms with Crippen LogP contribution in [0.4, 0.5) is 10.5 Å². The average Bonchev–Trinajstić information content (AvgIpc) is 2.74. The molecule has 3 rings (SSSR count). The highest BCUT2D eigenvalue weighted by Gasteiger charge is 2.26. The van der Waals surface area contributed by atoms with Gasteiger partial charge < -0.3 is 10.2 Å². The number of hydrogen-bond donors (Lipinski definition) is 1. The summed E-state index contributed by atoms with van der Waals surface area (Å²) >= 11 is 18.3. The fourth-order valence-corrected chi connectivity index (χ4v) is 3.88. The summed E-state index contributed by atoms with van der Waals surface area (Å²) in [5.74, 6) is 0.475. The van der Waals surface area contributed by atoms with Crippen LogP contribution in [0.15, 0.2) is 41.2 Å². The van der Waals surface area contributed by atoms with Gasteiger partial charge in [0.15, 0.2) is 0 Å². The van der Waals surface area contributed by atoms with Crippen molar-refractivity contribution in [1.82, 2.24) is 14.5 Å². The highest BCUT2D eigenvalue weighted by Crippen LogP contribution is 2.30. The molecule has 0 radical (unpaired) electrons. The Hall–Kier alpha value is -2.28. The molecule has 2 aromatic carbocycles. The number of carbonyl (C=O) groups is 1. The first-order valence-electron chi connectivity index (χ1n) is 9.92. The lowest BCUT2D eigenvalue weighted by Gasteiger charge is -2.30. The minimum Gasteiger partial charge on any atom is -0.315 e. The lowest BCUT2D eigenvalue weighted by Crippen LogP contribution is -2.40. The zero-order valence-corrected chi connectivity index (χ0v) is 19.7. The van der Waals surface area contributed by atoms with Crippen LogP contribution in [0.25, 0.3) is 10.9 Å². The molecule has 6 nitrogen and oxygen atoms in total. The molecular formula is C22H23Cl3N4O2. The number of benzene rings is 2. The molecule has 0 bridgehead atoms. The molecule has 0 spiro atoms. The molecule has 1 N–H and O–H groups in total. The Morgan fingerprint density at radius 2 is 1.97 bits per heavy atom. The maximum Gasteiger partial charge on any atom is 0.322 e. The summed E-state index contributed by atoms with van der Waals surface area (Å²) < 4.78 is 1.46. The van der Waals surface area contributed by atoms with Crippen LogP contribution in [0.1, 0.15) is 38.6 Å². The van der Waals surface area contributed by atoms with Crippen LogP contribution in [-0.4, -0.2) is 27.0 Å². The lowest BCUT2D eigenvalue weighted by molar-refractivity contribution is 0.187. The van der Waals surface area contributed by atoms with Gasteiger partial charge in [-0.2, -0.15) is 0 Å². The molecule has 0 saturated heterocycles. The van der Waals surface area contributed by atoms with E-state index in [1.807, 2.05) is 13.8 Å². The van der Waals surface area contributed by atoms with E-state index < -0.39 is 6.04 Å². The number of urea groups is 1. The van der Waals surface area contributed by atoms with E-state index in [4.69, 9.17) is 34.8 Å². The molecular weight excluding hydrogens is 459 g/mol. The van der Waals surface area contributed by atoms with E-state index in [0.29, 0.717) is 39.0 Å². The molecule has 0 aliphatic carbocycles. The van der Waals surface area contributed by atoms with E-state index in [-0.39, 0.29) is 16.6 Å². The van der Waals surface area contributed by atoms with Gasteiger partial charge in [-0.15, -0.1) is 0 Å². The maximum atomic E-state index is 13.2. The third-order valence-electron chi connectivity index (χ3n) is 5.12. The Labute approximate surface area is 195 Å². The van der Waals surface area contributed by atoms with Crippen molar-refractivity contribution in [2.24, 2.45) is 7.05 Å². The van der Waals surface area contributed by atoms with E-state index in [9.17, 15) is 9.59 Å². The highest BCUT2D eigenvalue weighted by molar-refractivity contribution is 6.44. The number of fused-ring (bicyclic) bond motifs is 1. The molecule has 2 amide bonds. The van der Waals surface area contributed by atoms with Crippen LogP contribution < -0.4 is 10.9 Å². The second kappa shape index (κ2) is 9.90. The second-order valence-corrected chi connectivity index (χ2v) is 8.47. The van der Waals surface area contributed by atoms with Gasteiger partial charge in [-0.1, -0.05) is 54.2 Å². The summed E-state index contributed by atoms with van der Waals surface area (Å²) in [6.45, 7) is 4.37. The summed E-state index contributed by atoms with van der Waals surface area (Å²) in [5, 5.41) is 4.35. The van der Waals surface area contributed by atoms with Crippen LogP contribution in [0.2, 0.25) is 15.1 Å². The Kier molecular flexibility index (Phi) is 7.46. The van der Waals surface area contributed by atoms with Gasteiger partial charge in [-0.25, -0.2) is 9.78 Å². The summed E-state index contributed by atoms with van der Waals surface area (Å²) in [7, 11) is 1.64. The molecule has 1 unspecified atom stereocenters. The van der Waals surface area contributed by atoms with E-state index in [1.54, 1.807) is 48.3 Å². The Bertz CT molecular complexity index is 1180. The number of amides is 2.